The minimum Gasteiger partial charge on any atom is -0.483 e. The molecule has 0 radical (unpaired) electrons. The molecule has 7 heteroatoms. The van der Waals surface area contributed by atoms with Crippen LogP contribution < -0.4 is 20.9 Å². The van der Waals surface area contributed by atoms with Gasteiger partial charge in [-0.15, -0.1) is 0 Å². The second kappa shape index (κ2) is 9.51. The van der Waals surface area contributed by atoms with Crippen LogP contribution in [0.1, 0.15) is 62.5 Å². The molecule has 0 heterocycles. The van der Waals surface area contributed by atoms with Crippen molar-refractivity contribution in [1.82, 2.24) is 16.2 Å². The number of hydrogen-bond donors (Lipinski definition) is 3. The third kappa shape index (κ3) is 5.08. The van der Waals surface area contributed by atoms with Gasteiger partial charge >= 0.3 is 0 Å². The predicted molar refractivity (Wildman–Crippen MR) is 121 cm³/mol. The third-order valence-electron chi connectivity index (χ3n) is 7.48. The molecule has 4 bridgehead atoms. The van der Waals surface area contributed by atoms with E-state index in [1.165, 1.54) is 19.3 Å². The molecular weight excluding hydrogens is 406 g/mol. The Labute approximate surface area is 190 Å². The highest BCUT2D eigenvalue weighted by molar-refractivity contribution is 5.84. The number of rotatable bonds is 8. The molecule has 0 saturated heterocycles. The van der Waals surface area contributed by atoms with E-state index in [0.717, 1.165) is 48.1 Å². The van der Waals surface area contributed by atoms with Crippen molar-refractivity contribution in [2.75, 3.05) is 13.2 Å². The fraction of sp³-hybridized carbons (Fsp3) is 0.640. The summed E-state index contributed by atoms with van der Waals surface area (Å²) in [7, 11) is 0. The van der Waals surface area contributed by atoms with Gasteiger partial charge in [0.2, 0.25) is 11.8 Å². The van der Waals surface area contributed by atoms with Crippen molar-refractivity contribution in [2.24, 2.45) is 23.2 Å². The second-order valence-corrected chi connectivity index (χ2v) is 10.2. The van der Waals surface area contributed by atoms with E-state index in [2.05, 4.69) is 16.2 Å². The van der Waals surface area contributed by atoms with Gasteiger partial charge in [-0.3, -0.25) is 25.2 Å². The molecule has 0 spiro atoms. The number of para-hydroxylation sites is 1. The van der Waals surface area contributed by atoms with Crippen LogP contribution in [0.4, 0.5) is 0 Å². The first-order valence-electron chi connectivity index (χ1n) is 11.9. The van der Waals surface area contributed by atoms with Crippen LogP contribution in [0.5, 0.6) is 5.75 Å². The molecule has 7 nitrogen and oxygen atoms in total. The Morgan fingerprint density at radius 1 is 0.938 bits per heavy atom. The van der Waals surface area contributed by atoms with Crippen LogP contribution in [0, 0.1) is 37.0 Å². The largest absolute Gasteiger partial charge is 0.483 e. The van der Waals surface area contributed by atoms with E-state index < -0.39 is 5.91 Å². The molecule has 0 atom stereocenters. The van der Waals surface area contributed by atoms with Gasteiger partial charge in [0.1, 0.15) is 5.75 Å². The molecule has 1 aromatic carbocycles. The number of carbonyl (C=O) groups excluding carboxylic acids is 3. The van der Waals surface area contributed by atoms with E-state index in [0.29, 0.717) is 18.7 Å². The minimum absolute atomic E-state index is 0.152. The Balaban J connectivity index is 1.11. The first-order valence-corrected chi connectivity index (χ1v) is 11.9. The van der Waals surface area contributed by atoms with E-state index in [1.54, 1.807) is 0 Å². The Kier molecular flexibility index (Phi) is 6.72. The van der Waals surface area contributed by atoms with Gasteiger partial charge in [0.25, 0.3) is 5.91 Å². The number of aryl methyl sites for hydroxylation is 2. The van der Waals surface area contributed by atoms with Crippen LogP contribution in [-0.4, -0.2) is 30.9 Å². The quantitative estimate of drug-likeness (QED) is 0.427. The first kappa shape index (κ1) is 22.6. The Morgan fingerprint density at radius 2 is 1.50 bits per heavy atom. The number of hydrogen-bond acceptors (Lipinski definition) is 4. The van der Waals surface area contributed by atoms with Crippen molar-refractivity contribution in [2.45, 2.75) is 65.2 Å². The lowest BCUT2D eigenvalue weighted by Crippen LogP contribution is -2.53. The van der Waals surface area contributed by atoms with E-state index in [1.807, 2.05) is 32.0 Å². The summed E-state index contributed by atoms with van der Waals surface area (Å²) in [5, 5.41) is 3.08. The van der Waals surface area contributed by atoms with E-state index in [9.17, 15) is 14.4 Å². The topological polar surface area (TPSA) is 96.5 Å². The summed E-state index contributed by atoms with van der Waals surface area (Å²) < 4.78 is 5.58. The maximum Gasteiger partial charge on any atom is 0.276 e. The lowest BCUT2D eigenvalue weighted by atomic mass is 9.49. The molecule has 0 aromatic heterocycles. The van der Waals surface area contributed by atoms with Gasteiger partial charge < -0.3 is 10.1 Å². The standard InChI is InChI=1S/C25H35N3O4/c1-16-5-3-6-17(2)23(16)32-15-22(30)28-27-21(29)7-4-8-26-24(31)25-12-18-9-19(13-25)11-20(10-18)14-25/h3,5-6,18-20H,4,7-15H2,1-2H3,(H,26,31)(H,27,29)(H,28,30). The molecule has 5 rings (SSSR count). The lowest BCUT2D eigenvalue weighted by Gasteiger charge is -2.55. The van der Waals surface area contributed by atoms with Gasteiger partial charge in [0, 0.05) is 18.4 Å². The van der Waals surface area contributed by atoms with Gasteiger partial charge in [0.05, 0.1) is 0 Å². The highest BCUT2D eigenvalue weighted by Gasteiger charge is 2.54. The molecule has 3 amide bonds. The van der Waals surface area contributed by atoms with Gasteiger partial charge in [-0.1, -0.05) is 18.2 Å². The third-order valence-corrected chi connectivity index (χ3v) is 7.48. The Bertz CT molecular complexity index is 826. The minimum atomic E-state index is -0.420. The average Bonchev–Trinajstić information content (AvgIpc) is 2.74. The molecule has 0 aliphatic heterocycles. The molecule has 4 aliphatic rings. The molecule has 4 aliphatic carbocycles. The van der Waals surface area contributed by atoms with Gasteiger partial charge in [-0.25, -0.2) is 0 Å². The molecule has 174 valence electrons. The van der Waals surface area contributed by atoms with Crippen LogP contribution >= 0.6 is 0 Å². The van der Waals surface area contributed by atoms with E-state index in [-0.39, 0.29) is 30.3 Å². The zero-order valence-electron chi connectivity index (χ0n) is 19.2. The fourth-order valence-corrected chi connectivity index (χ4v) is 6.43. The maximum atomic E-state index is 12.9. The SMILES string of the molecule is Cc1cccc(C)c1OCC(=O)NNC(=O)CCCNC(=O)C12CC3CC(CC(C3)C1)C2. The molecule has 1 aromatic rings. The summed E-state index contributed by atoms with van der Waals surface area (Å²) in [5.41, 5.74) is 6.55. The zero-order chi connectivity index (χ0) is 22.7. The number of ether oxygens (including phenoxy) is 1. The highest BCUT2D eigenvalue weighted by atomic mass is 16.5. The van der Waals surface area contributed by atoms with Gasteiger partial charge in [-0.2, -0.15) is 0 Å². The van der Waals surface area contributed by atoms with Crippen LogP contribution in [0.25, 0.3) is 0 Å². The van der Waals surface area contributed by atoms with Crippen molar-refractivity contribution in [3.63, 3.8) is 0 Å². The van der Waals surface area contributed by atoms with E-state index in [4.69, 9.17) is 4.74 Å². The maximum absolute atomic E-state index is 12.9. The molecule has 4 saturated carbocycles. The molecule has 3 N–H and O–H groups in total. The summed E-state index contributed by atoms with van der Waals surface area (Å²) in [4.78, 5) is 36.9. The fourth-order valence-electron chi connectivity index (χ4n) is 6.43. The summed E-state index contributed by atoms with van der Waals surface area (Å²) in [5.74, 6) is 2.38. The van der Waals surface area contributed by atoms with Crippen LogP contribution in [-0.2, 0) is 14.4 Å². The second-order valence-electron chi connectivity index (χ2n) is 10.2. The predicted octanol–water partition coefficient (Wildman–Crippen LogP) is 2.94. The summed E-state index contributed by atoms with van der Waals surface area (Å²) in [6.45, 7) is 4.15. The summed E-state index contributed by atoms with van der Waals surface area (Å²) >= 11 is 0. The van der Waals surface area contributed by atoms with Crippen molar-refractivity contribution in [1.29, 1.82) is 0 Å². The van der Waals surface area contributed by atoms with Gasteiger partial charge in [-0.05, 0) is 87.7 Å². The van der Waals surface area contributed by atoms with Crippen molar-refractivity contribution in [3.8, 4) is 5.75 Å². The van der Waals surface area contributed by atoms with Crippen LogP contribution in [0.3, 0.4) is 0 Å². The van der Waals surface area contributed by atoms with Crippen LogP contribution in [0.15, 0.2) is 18.2 Å². The lowest BCUT2D eigenvalue weighted by molar-refractivity contribution is -0.146. The highest BCUT2D eigenvalue weighted by Crippen LogP contribution is 2.60. The smallest absolute Gasteiger partial charge is 0.276 e. The average molecular weight is 442 g/mol. The molecular formula is C25H35N3O4. The Morgan fingerprint density at radius 3 is 2.09 bits per heavy atom. The molecule has 32 heavy (non-hydrogen) atoms. The van der Waals surface area contributed by atoms with Crippen molar-refractivity contribution >= 4 is 17.7 Å². The number of amides is 3. The Hall–Kier alpha value is -2.57. The summed E-state index contributed by atoms with van der Waals surface area (Å²) in [6.07, 6.45) is 7.85. The van der Waals surface area contributed by atoms with Crippen molar-refractivity contribution in [3.05, 3.63) is 29.3 Å². The number of benzene rings is 1. The van der Waals surface area contributed by atoms with E-state index >= 15 is 0 Å². The number of carbonyl (C=O) groups is 3. The molecule has 4 fully saturated rings. The van der Waals surface area contributed by atoms with Crippen LogP contribution in [0.2, 0.25) is 0 Å². The first-order chi connectivity index (χ1) is 15.3. The summed E-state index contributed by atoms with van der Waals surface area (Å²) in [6, 6.07) is 5.78. The monoisotopic (exact) mass is 441 g/mol. The number of hydrazine groups is 1. The molecule has 0 unspecified atom stereocenters. The zero-order valence-corrected chi connectivity index (χ0v) is 19.2. The normalized spacial score (nSPS) is 27.6. The number of nitrogens with one attached hydrogen (secondary N) is 3. The van der Waals surface area contributed by atoms with Crippen molar-refractivity contribution < 1.29 is 19.1 Å². The van der Waals surface area contributed by atoms with Gasteiger partial charge in [0.15, 0.2) is 6.61 Å².